The molecular weight excluding hydrogens is 176 g/mol. The average molecular weight is 184 g/mol. The van der Waals surface area contributed by atoms with Crippen molar-refractivity contribution in [2.45, 2.75) is 11.9 Å². The molecule has 0 saturated carbocycles. The van der Waals surface area contributed by atoms with E-state index in [0.29, 0.717) is 5.03 Å². The maximum atomic E-state index is 10.4. The number of aromatic nitrogens is 2. The first-order valence-corrected chi connectivity index (χ1v) is 4.40. The van der Waals surface area contributed by atoms with Crippen LogP contribution in [0.3, 0.4) is 0 Å². The van der Waals surface area contributed by atoms with Crippen LogP contribution in [-0.2, 0) is 0 Å². The summed E-state index contributed by atoms with van der Waals surface area (Å²) in [7, 11) is 0. The van der Waals surface area contributed by atoms with Gasteiger partial charge in [0.25, 0.3) is 0 Å². The molecule has 64 valence electrons. The summed E-state index contributed by atoms with van der Waals surface area (Å²) in [5, 5.41) is 9.22. The molecule has 0 bridgehead atoms. The van der Waals surface area contributed by atoms with Gasteiger partial charge in [0, 0.05) is 0 Å². The van der Waals surface area contributed by atoms with E-state index in [0.717, 1.165) is 5.75 Å². The maximum Gasteiger partial charge on any atom is 0.356 e. The first-order valence-electron chi connectivity index (χ1n) is 3.42. The summed E-state index contributed by atoms with van der Waals surface area (Å²) in [6, 6.07) is 0. The largest absolute Gasteiger partial charge is 0.476 e. The normalized spacial score (nSPS) is 9.75. The molecule has 0 aromatic carbocycles. The van der Waals surface area contributed by atoms with Crippen molar-refractivity contribution in [3.8, 4) is 0 Å². The number of aromatic carboxylic acids is 1. The molecule has 0 amide bonds. The molecule has 1 aromatic heterocycles. The SMILES string of the molecule is CCSc1cncc(C(=O)O)n1. The Kier molecular flexibility index (Phi) is 3.04. The number of nitrogens with zero attached hydrogens (tertiary/aromatic N) is 2. The van der Waals surface area contributed by atoms with Crippen LogP contribution in [0.15, 0.2) is 17.4 Å². The lowest BCUT2D eigenvalue weighted by Crippen LogP contribution is -2.01. The number of carbonyl (C=O) groups is 1. The Hall–Kier alpha value is -1.10. The molecule has 1 rings (SSSR count). The van der Waals surface area contributed by atoms with Gasteiger partial charge in [-0.2, -0.15) is 0 Å². The highest BCUT2D eigenvalue weighted by molar-refractivity contribution is 7.99. The van der Waals surface area contributed by atoms with E-state index in [2.05, 4.69) is 9.97 Å². The molecule has 1 aromatic rings. The molecule has 0 unspecified atom stereocenters. The van der Waals surface area contributed by atoms with Crippen molar-refractivity contribution >= 4 is 17.7 Å². The quantitative estimate of drug-likeness (QED) is 0.717. The molecule has 5 heteroatoms. The smallest absolute Gasteiger partial charge is 0.356 e. The van der Waals surface area contributed by atoms with Crippen molar-refractivity contribution in [2.75, 3.05) is 5.75 Å². The van der Waals surface area contributed by atoms with Gasteiger partial charge in [-0.05, 0) is 5.75 Å². The summed E-state index contributed by atoms with van der Waals surface area (Å²) >= 11 is 1.47. The van der Waals surface area contributed by atoms with Gasteiger partial charge in [0.2, 0.25) is 0 Å². The number of carboxylic acid groups (broad SMARTS) is 1. The van der Waals surface area contributed by atoms with Gasteiger partial charge in [0.05, 0.1) is 12.4 Å². The summed E-state index contributed by atoms with van der Waals surface area (Å²) in [6.07, 6.45) is 2.79. The number of carboxylic acids is 1. The summed E-state index contributed by atoms with van der Waals surface area (Å²) < 4.78 is 0. The molecule has 4 nitrogen and oxygen atoms in total. The Labute approximate surface area is 74.0 Å². The van der Waals surface area contributed by atoms with E-state index >= 15 is 0 Å². The highest BCUT2D eigenvalue weighted by atomic mass is 32.2. The molecule has 1 N–H and O–H groups in total. The minimum atomic E-state index is -1.04. The zero-order chi connectivity index (χ0) is 8.97. The van der Waals surface area contributed by atoms with Crippen LogP contribution in [0.2, 0.25) is 0 Å². The van der Waals surface area contributed by atoms with E-state index in [-0.39, 0.29) is 5.69 Å². The van der Waals surface area contributed by atoms with E-state index in [1.165, 1.54) is 18.0 Å². The lowest BCUT2D eigenvalue weighted by atomic mass is 10.5. The van der Waals surface area contributed by atoms with E-state index in [4.69, 9.17) is 5.11 Å². The molecule has 0 saturated heterocycles. The zero-order valence-corrected chi connectivity index (χ0v) is 7.34. The van der Waals surface area contributed by atoms with Gasteiger partial charge >= 0.3 is 5.97 Å². The minimum Gasteiger partial charge on any atom is -0.476 e. The Bertz CT molecular complexity index is 290. The van der Waals surface area contributed by atoms with Crippen molar-refractivity contribution in [3.05, 3.63) is 18.1 Å². The monoisotopic (exact) mass is 184 g/mol. The second-order valence-electron chi connectivity index (χ2n) is 1.98. The van der Waals surface area contributed by atoms with Crippen LogP contribution < -0.4 is 0 Å². The Morgan fingerprint density at radius 3 is 3.00 bits per heavy atom. The van der Waals surface area contributed by atoms with Crippen LogP contribution in [0.5, 0.6) is 0 Å². The van der Waals surface area contributed by atoms with Gasteiger partial charge in [0.15, 0.2) is 5.69 Å². The van der Waals surface area contributed by atoms with E-state index in [1.807, 2.05) is 6.92 Å². The third kappa shape index (κ3) is 2.20. The number of hydrogen-bond acceptors (Lipinski definition) is 4. The minimum absolute atomic E-state index is 0.00606. The third-order valence-electron chi connectivity index (χ3n) is 1.12. The lowest BCUT2D eigenvalue weighted by Gasteiger charge is -1.97. The molecule has 0 aliphatic heterocycles. The fourth-order valence-corrected chi connectivity index (χ4v) is 1.26. The highest BCUT2D eigenvalue weighted by Crippen LogP contribution is 2.12. The Morgan fingerprint density at radius 1 is 1.67 bits per heavy atom. The summed E-state index contributed by atoms with van der Waals surface area (Å²) in [6.45, 7) is 1.97. The van der Waals surface area contributed by atoms with Crippen molar-refractivity contribution in [3.63, 3.8) is 0 Å². The van der Waals surface area contributed by atoms with Gasteiger partial charge in [-0.3, -0.25) is 4.98 Å². The number of hydrogen-bond donors (Lipinski definition) is 1. The Morgan fingerprint density at radius 2 is 2.42 bits per heavy atom. The van der Waals surface area contributed by atoms with Crippen LogP contribution >= 0.6 is 11.8 Å². The Balaban J connectivity index is 2.88. The molecular formula is C7H8N2O2S. The van der Waals surface area contributed by atoms with Crippen molar-refractivity contribution in [1.82, 2.24) is 9.97 Å². The average Bonchev–Trinajstić information content (AvgIpc) is 2.05. The van der Waals surface area contributed by atoms with Gasteiger partial charge in [-0.15, -0.1) is 11.8 Å². The third-order valence-corrected chi connectivity index (χ3v) is 1.90. The molecule has 0 aliphatic rings. The fourth-order valence-electron chi connectivity index (χ4n) is 0.669. The lowest BCUT2D eigenvalue weighted by molar-refractivity contribution is 0.0689. The summed E-state index contributed by atoms with van der Waals surface area (Å²) in [5.74, 6) is -0.182. The van der Waals surface area contributed by atoms with Crippen LogP contribution in [0.4, 0.5) is 0 Å². The van der Waals surface area contributed by atoms with Gasteiger partial charge < -0.3 is 5.11 Å². The predicted molar refractivity (Wildman–Crippen MR) is 45.4 cm³/mol. The van der Waals surface area contributed by atoms with Crippen LogP contribution in [-0.4, -0.2) is 26.8 Å². The fraction of sp³-hybridized carbons (Fsp3) is 0.286. The first-order chi connectivity index (χ1) is 5.74. The van der Waals surface area contributed by atoms with Gasteiger partial charge in [0.1, 0.15) is 5.03 Å². The first kappa shape index (κ1) is 8.99. The predicted octanol–water partition coefficient (Wildman–Crippen LogP) is 1.29. The van der Waals surface area contributed by atoms with Gasteiger partial charge in [-0.25, -0.2) is 9.78 Å². The number of rotatable bonds is 3. The van der Waals surface area contributed by atoms with E-state index < -0.39 is 5.97 Å². The highest BCUT2D eigenvalue weighted by Gasteiger charge is 2.05. The van der Waals surface area contributed by atoms with Crippen LogP contribution in [0, 0.1) is 0 Å². The molecule has 0 aliphatic carbocycles. The summed E-state index contributed by atoms with van der Waals surface area (Å²) in [5.41, 5.74) is -0.00606. The zero-order valence-electron chi connectivity index (χ0n) is 6.52. The van der Waals surface area contributed by atoms with Crippen molar-refractivity contribution in [1.29, 1.82) is 0 Å². The summed E-state index contributed by atoms with van der Waals surface area (Å²) in [4.78, 5) is 18.1. The van der Waals surface area contributed by atoms with Crippen molar-refractivity contribution in [2.24, 2.45) is 0 Å². The molecule has 0 radical (unpaired) electrons. The molecule has 0 spiro atoms. The van der Waals surface area contributed by atoms with Crippen LogP contribution in [0.1, 0.15) is 17.4 Å². The van der Waals surface area contributed by atoms with E-state index in [9.17, 15) is 4.79 Å². The van der Waals surface area contributed by atoms with Gasteiger partial charge in [-0.1, -0.05) is 6.92 Å². The molecule has 0 fully saturated rings. The molecule has 0 atom stereocenters. The second-order valence-corrected chi connectivity index (χ2v) is 3.27. The standard InChI is InChI=1S/C7H8N2O2S/c1-2-12-6-4-8-3-5(9-6)7(10)11/h3-4H,2H2,1H3,(H,10,11). The second kappa shape index (κ2) is 4.06. The van der Waals surface area contributed by atoms with E-state index in [1.54, 1.807) is 6.20 Å². The number of thioether (sulfide) groups is 1. The molecule has 12 heavy (non-hydrogen) atoms. The maximum absolute atomic E-state index is 10.4. The van der Waals surface area contributed by atoms with Crippen LogP contribution in [0.25, 0.3) is 0 Å². The van der Waals surface area contributed by atoms with Crippen molar-refractivity contribution < 1.29 is 9.90 Å². The molecule has 1 heterocycles. The topological polar surface area (TPSA) is 63.1 Å².